The number of benzene rings is 2. The van der Waals surface area contributed by atoms with Crippen LogP contribution >= 0.6 is 15.9 Å². The van der Waals surface area contributed by atoms with E-state index in [4.69, 9.17) is 0 Å². The van der Waals surface area contributed by atoms with Gasteiger partial charge in [0.1, 0.15) is 0 Å². The number of nitrogens with zero attached hydrogens (tertiary/aromatic N) is 1. The molecule has 0 fully saturated rings. The van der Waals surface area contributed by atoms with Crippen LogP contribution in [0.5, 0.6) is 0 Å². The molecule has 5 nitrogen and oxygen atoms in total. The molecule has 23 heavy (non-hydrogen) atoms. The zero-order valence-corrected chi connectivity index (χ0v) is 13.7. The Balaban J connectivity index is 1.60. The summed E-state index contributed by atoms with van der Waals surface area (Å²) in [6.07, 6.45) is 0. The first-order valence-corrected chi connectivity index (χ1v) is 7.86. The van der Waals surface area contributed by atoms with Gasteiger partial charge >= 0.3 is 0 Å². The van der Waals surface area contributed by atoms with Gasteiger partial charge < -0.3 is 5.32 Å². The molecule has 2 aromatic carbocycles. The van der Waals surface area contributed by atoms with Gasteiger partial charge in [-0.1, -0.05) is 28.1 Å². The van der Waals surface area contributed by atoms with Crippen LogP contribution < -0.4 is 5.32 Å². The molecule has 0 spiro atoms. The van der Waals surface area contributed by atoms with E-state index in [1.165, 1.54) is 0 Å². The number of rotatable bonds is 4. The molecule has 1 aliphatic heterocycles. The number of hydrogen-bond acceptors (Lipinski definition) is 3. The summed E-state index contributed by atoms with van der Waals surface area (Å²) in [6.45, 7) is 0.356. The van der Waals surface area contributed by atoms with Crippen molar-refractivity contribution in [2.45, 2.75) is 0 Å². The van der Waals surface area contributed by atoms with Crippen LogP contribution in [0.3, 0.4) is 0 Å². The molecule has 0 saturated carbocycles. The zero-order valence-electron chi connectivity index (χ0n) is 12.1. The summed E-state index contributed by atoms with van der Waals surface area (Å²) < 4.78 is 0.889. The van der Waals surface area contributed by atoms with E-state index in [0.29, 0.717) is 16.7 Å². The average molecular weight is 373 g/mol. The van der Waals surface area contributed by atoms with Crippen molar-refractivity contribution in [3.05, 3.63) is 69.7 Å². The van der Waals surface area contributed by atoms with Crippen LogP contribution in [0.15, 0.2) is 53.0 Å². The second-order valence-electron chi connectivity index (χ2n) is 5.07. The molecule has 3 rings (SSSR count). The van der Waals surface area contributed by atoms with Crippen molar-refractivity contribution in [1.82, 2.24) is 10.2 Å². The summed E-state index contributed by atoms with van der Waals surface area (Å²) in [5.74, 6) is -0.874. The van der Waals surface area contributed by atoms with Gasteiger partial charge in [0.25, 0.3) is 17.7 Å². The van der Waals surface area contributed by atoms with E-state index in [-0.39, 0.29) is 30.8 Å². The maximum atomic E-state index is 12.2. The predicted octanol–water partition coefficient (Wildman–Crippen LogP) is 2.48. The van der Waals surface area contributed by atoms with Gasteiger partial charge in [0.2, 0.25) is 0 Å². The molecule has 0 aliphatic carbocycles. The van der Waals surface area contributed by atoms with Crippen LogP contribution in [0.25, 0.3) is 0 Å². The fourth-order valence-corrected chi connectivity index (χ4v) is 2.69. The van der Waals surface area contributed by atoms with E-state index < -0.39 is 0 Å². The second-order valence-corrected chi connectivity index (χ2v) is 5.99. The number of fused-ring (bicyclic) bond motifs is 1. The summed E-state index contributed by atoms with van der Waals surface area (Å²) in [7, 11) is 0. The predicted molar refractivity (Wildman–Crippen MR) is 88.3 cm³/mol. The molecule has 1 aliphatic rings. The fraction of sp³-hybridized carbons (Fsp3) is 0.118. The fourth-order valence-electron chi connectivity index (χ4n) is 2.43. The van der Waals surface area contributed by atoms with Crippen molar-refractivity contribution < 1.29 is 14.4 Å². The molecule has 116 valence electrons. The second kappa shape index (κ2) is 6.34. The number of nitrogens with one attached hydrogen (secondary N) is 1. The standard InChI is InChI=1S/C17H13BrN2O3/c18-12-7-5-11(6-8-12)15(21)19-9-10-20-16(22)13-3-1-2-4-14(13)17(20)23/h1-8H,9-10H2,(H,19,21). The lowest BCUT2D eigenvalue weighted by atomic mass is 10.1. The first-order chi connectivity index (χ1) is 11.1. The maximum Gasteiger partial charge on any atom is 0.261 e. The number of carbonyl (C=O) groups is 3. The smallest absolute Gasteiger partial charge is 0.261 e. The average Bonchev–Trinajstić information content (AvgIpc) is 2.81. The van der Waals surface area contributed by atoms with E-state index in [2.05, 4.69) is 21.2 Å². The van der Waals surface area contributed by atoms with Gasteiger partial charge in [0, 0.05) is 23.1 Å². The van der Waals surface area contributed by atoms with Crippen molar-refractivity contribution >= 4 is 33.7 Å². The van der Waals surface area contributed by atoms with Crippen molar-refractivity contribution in [2.75, 3.05) is 13.1 Å². The highest BCUT2D eigenvalue weighted by Gasteiger charge is 2.34. The summed E-state index contributed by atoms with van der Waals surface area (Å²) in [5, 5.41) is 2.71. The topological polar surface area (TPSA) is 66.5 Å². The van der Waals surface area contributed by atoms with Gasteiger partial charge in [0.05, 0.1) is 11.1 Å². The lowest BCUT2D eigenvalue weighted by Crippen LogP contribution is -2.38. The van der Waals surface area contributed by atoms with E-state index in [0.717, 1.165) is 9.37 Å². The Bertz CT molecular complexity index is 752. The molecule has 0 bridgehead atoms. The molecule has 0 radical (unpaired) electrons. The third-order valence-corrected chi connectivity index (χ3v) is 4.13. The molecule has 2 aromatic rings. The first-order valence-electron chi connectivity index (χ1n) is 7.07. The lowest BCUT2D eigenvalue weighted by Gasteiger charge is -2.14. The van der Waals surface area contributed by atoms with Gasteiger partial charge in [-0.2, -0.15) is 0 Å². The third-order valence-electron chi connectivity index (χ3n) is 3.61. The molecule has 6 heteroatoms. The number of amides is 3. The number of carbonyl (C=O) groups excluding carboxylic acids is 3. The van der Waals surface area contributed by atoms with E-state index in [9.17, 15) is 14.4 Å². The molecule has 1 heterocycles. The highest BCUT2D eigenvalue weighted by molar-refractivity contribution is 9.10. The Morgan fingerprint density at radius 2 is 1.52 bits per heavy atom. The summed E-state index contributed by atoms with van der Waals surface area (Å²) >= 11 is 3.31. The van der Waals surface area contributed by atoms with Crippen molar-refractivity contribution in [3.63, 3.8) is 0 Å². The van der Waals surface area contributed by atoms with Crippen molar-refractivity contribution in [2.24, 2.45) is 0 Å². The van der Waals surface area contributed by atoms with E-state index >= 15 is 0 Å². The van der Waals surface area contributed by atoms with Crippen molar-refractivity contribution in [1.29, 1.82) is 0 Å². The summed E-state index contributed by atoms with van der Waals surface area (Å²) in [4.78, 5) is 37.5. The first kappa shape index (κ1) is 15.4. The SMILES string of the molecule is O=C(NCCN1C(=O)c2ccccc2C1=O)c1ccc(Br)cc1. The molecule has 0 aromatic heterocycles. The monoisotopic (exact) mass is 372 g/mol. The van der Waals surface area contributed by atoms with Crippen LogP contribution in [0.1, 0.15) is 31.1 Å². The Kier molecular flexibility index (Phi) is 4.25. The minimum Gasteiger partial charge on any atom is -0.350 e. The van der Waals surface area contributed by atoms with Gasteiger partial charge in [0.15, 0.2) is 0 Å². The van der Waals surface area contributed by atoms with Gasteiger partial charge in [-0.3, -0.25) is 19.3 Å². The maximum absolute atomic E-state index is 12.2. The number of imide groups is 1. The molecular formula is C17H13BrN2O3. The molecule has 0 saturated heterocycles. The van der Waals surface area contributed by atoms with Crippen LogP contribution in [-0.2, 0) is 0 Å². The number of halogens is 1. The minimum absolute atomic E-state index is 0.147. The Hall–Kier alpha value is -2.47. The molecule has 1 N–H and O–H groups in total. The molecule has 0 unspecified atom stereocenters. The van der Waals surface area contributed by atoms with Crippen LogP contribution in [0, 0.1) is 0 Å². The Morgan fingerprint density at radius 1 is 0.957 bits per heavy atom. The van der Waals surface area contributed by atoms with Crippen LogP contribution in [-0.4, -0.2) is 35.7 Å². The Labute approximate surface area is 141 Å². The zero-order chi connectivity index (χ0) is 16.4. The van der Waals surface area contributed by atoms with Crippen molar-refractivity contribution in [3.8, 4) is 0 Å². The molecular weight excluding hydrogens is 360 g/mol. The molecule has 0 atom stereocenters. The Morgan fingerprint density at radius 3 is 2.09 bits per heavy atom. The normalized spacial score (nSPS) is 13.2. The summed E-state index contributed by atoms with van der Waals surface area (Å²) in [6, 6.07) is 13.7. The van der Waals surface area contributed by atoms with Crippen LogP contribution in [0.4, 0.5) is 0 Å². The van der Waals surface area contributed by atoms with Gasteiger partial charge in [-0.15, -0.1) is 0 Å². The van der Waals surface area contributed by atoms with Gasteiger partial charge in [-0.05, 0) is 36.4 Å². The number of hydrogen-bond donors (Lipinski definition) is 1. The highest BCUT2D eigenvalue weighted by Crippen LogP contribution is 2.21. The third kappa shape index (κ3) is 3.03. The quantitative estimate of drug-likeness (QED) is 0.838. The van der Waals surface area contributed by atoms with Crippen LogP contribution in [0.2, 0.25) is 0 Å². The largest absolute Gasteiger partial charge is 0.350 e. The van der Waals surface area contributed by atoms with E-state index in [1.54, 1.807) is 48.5 Å². The van der Waals surface area contributed by atoms with E-state index in [1.807, 2.05) is 0 Å². The van der Waals surface area contributed by atoms with Gasteiger partial charge in [-0.25, -0.2) is 0 Å². The minimum atomic E-state index is -0.316. The summed E-state index contributed by atoms with van der Waals surface area (Å²) in [5.41, 5.74) is 1.35. The lowest BCUT2D eigenvalue weighted by molar-refractivity contribution is 0.0650. The highest BCUT2D eigenvalue weighted by atomic mass is 79.9. The molecule has 3 amide bonds.